The van der Waals surface area contributed by atoms with Gasteiger partial charge >= 0.3 is 5.97 Å². The van der Waals surface area contributed by atoms with E-state index in [0.29, 0.717) is 23.7 Å². The van der Waals surface area contributed by atoms with Gasteiger partial charge in [-0.15, -0.1) is 0 Å². The third kappa shape index (κ3) is 5.30. The second-order valence-corrected chi connectivity index (χ2v) is 7.29. The van der Waals surface area contributed by atoms with Crippen LogP contribution >= 0.6 is 11.6 Å². The van der Waals surface area contributed by atoms with Crippen LogP contribution in [0.3, 0.4) is 0 Å². The maximum Gasteiger partial charge on any atom is 0.307 e. The molecule has 1 unspecified atom stereocenters. The third-order valence-electron chi connectivity index (χ3n) is 4.87. The second-order valence-electron chi connectivity index (χ2n) is 6.86. The highest BCUT2D eigenvalue weighted by Crippen LogP contribution is 2.27. The van der Waals surface area contributed by atoms with Crippen LogP contribution in [0.15, 0.2) is 47.6 Å². The summed E-state index contributed by atoms with van der Waals surface area (Å²) >= 11 is 5.84. The number of rotatable bonds is 7. The first kappa shape index (κ1) is 20.3. The average molecular weight is 404 g/mol. The number of hydrogen-bond donors (Lipinski definition) is 2. The number of carbonyl (C=O) groups is 1. The van der Waals surface area contributed by atoms with Gasteiger partial charge in [0.2, 0.25) is 0 Å². The Balaban J connectivity index is 1.57. The fraction of sp³-hybridized carbons (Fsp3) is 0.333. The molecule has 1 aliphatic rings. The summed E-state index contributed by atoms with van der Waals surface area (Å²) in [5, 5.41) is 13.8. The molecule has 0 saturated carbocycles. The van der Waals surface area contributed by atoms with Gasteiger partial charge in [0, 0.05) is 35.8 Å². The van der Waals surface area contributed by atoms with Crippen molar-refractivity contribution in [2.24, 2.45) is 11.0 Å². The highest BCUT2D eigenvalue weighted by molar-refractivity contribution is 6.30. The van der Waals surface area contributed by atoms with Crippen molar-refractivity contribution in [3.63, 3.8) is 0 Å². The van der Waals surface area contributed by atoms with E-state index in [1.54, 1.807) is 18.3 Å². The molecular formula is C21H23ClFN3O2. The molecular weight excluding hydrogens is 381 g/mol. The number of nitrogens with one attached hydrogen (secondary N) is 1. The summed E-state index contributed by atoms with van der Waals surface area (Å²) in [6, 6.07) is 12.1. The molecule has 0 bridgehead atoms. The summed E-state index contributed by atoms with van der Waals surface area (Å²) in [4.78, 5) is 13.3. The molecule has 1 aliphatic heterocycles. The molecule has 0 radical (unpaired) electrons. The van der Waals surface area contributed by atoms with E-state index in [-0.39, 0.29) is 11.7 Å². The topological polar surface area (TPSA) is 64.9 Å². The van der Waals surface area contributed by atoms with E-state index in [4.69, 9.17) is 16.7 Å². The van der Waals surface area contributed by atoms with Crippen molar-refractivity contribution >= 4 is 23.8 Å². The molecule has 28 heavy (non-hydrogen) atoms. The lowest BCUT2D eigenvalue weighted by Crippen LogP contribution is -2.41. The minimum Gasteiger partial charge on any atom is -0.481 e. The first-order chi connectivity index (χ1) is 13.5. The van der Waals surface area contributed by atoms with Crippen molar-refractivity contribution in [2.45, 2.75) is 12.8 Å². The molecule has 7 heteroatoms. The van der Waals surface area contributed by atoms with Crippen LogP contribution in [0, 0.1) is 11.7 Å². The summed E-state index contributed by atoms with van der Waals surface area (Å²) in [7, 11) is 0. The minimum absolute atomic E-state index is 0.279. The number of hydrazone groups is 1. The number of hydrogen-bond acceptors (Lipinski definition) is 4. The Labute approximate surface area is 168 Å². The van der Waals surface area contributed by atoms with Crippen LogP contribution in [0.1, 0.15) is 18.4 Å². The van der Waals surface area contributed by atoms with Crippen LogP contribution in [0.5, 0.6) is 0 Å². The molecule has 1 atom stereocenters. The predicted octanol–water partition coefficient (Wildman–Crippen LogP) is 3.87. The number of halogens is 2. The second kappa shape index (κ2) is 9.66. The Morgan fingerprint density at radius 3 is 2.93 bits per heavy atom. The van der Waals surface area contributed by atoms with Crippen LogP contribution in [-0.4, -0.2) is 48.4 Å². The zero-order valence-electron chi connectivity index (χ0n) is 15.4. The molecule has 5 nitrogen and oxygen atoms in total. The Bertz CT molecular complexity index is 859. The van der Waals surface area contributed by atoms with E-state index in [1.807, 2.05) is 24.3 Å². The van der Waals surface area contributed by atoms with Crippen LogP contribution in [0.25, 0.3) is 11.1 Å². The van der Waals surface area contributed by atoms with Gasteiger partial charge < -0.3 is 15.4 Å². The lowest BCUT2D eigenvalue weighted by Gasteiger charge is -2.30. The Hall–Kier alpha value is -2.44. The van der Waals surface area contributed by atoms with Gasteiger partial charge in [0.05, 0.1) is 12.1 Å². The SMILES string of the molecule is O=C(O)C1CCCN(CCN/N=C/c2ccccc2-c2ccc(Cl)cc2F)C1. The van der Waals surface area contributed by atoms with Crippen LogP contribution < -0.4 is 5.43 Å². The molecule has 1 saturated heterocycles. The quantitative estimate of drug-likeness (QED) is 0.418. The Morgan fingerprint density at radius 1 is 1.32 bits per heavy atom. The first-order valence-electron chi connectivity index (χ1n) is 9.30. The van der Waals surface area contributed by atoms with Gasteiger partial charge in [0.1, 0.15) is 5.82 Å². The number of aliphatic carboxylic acids is 1. The van der Waals surface area contributed by atoms with Crippen molar-refractivity contribution in [3.8, 4) is 11.1 Å². The van der Waals surface area contributed by atoms with Gasteiger partial charge in [-0.2, -0.15) is 5.10 Å². The predicted molar refractivity (Wildman–Crippen MR) is 109 cm³/mol. The lowest BCUT2D eigenvalue weighted by molar-refractivity contribution is -0.143. The van der Waals surface area contributed by atoms with Gasteiger partial charge in [-0.25, -0.2) is 4.39 Å². The van der Waals surface area contributed by atoms with E-state index in [2.05, 4.69) is 15.4 Å². The van der Waals surface area contributed by atoms with Crippen molar-refractivity contribution in [1.82, 2.24) is 10.3 Å². The summed E-state index contributed by atoms with van der Waals surface area (Å²) in [5.74, 6) is -1.38. The van der Waals surface area contributed by atoms with Crippen molar-refractivity contribution in [1.29, 1.82) is 0 Å². The maximum absolute atomic E-state index is 14.3. The summed E-state index contributed by atoms with van der Waals surface area (Å²) < 4.78 is 14.3. The first-order valence-corrected chi connectivity index (χ1v) is 9.68. The Morgan fingerprint density at radius 2 is 2.14 bits per heavy atom. The van der Waals surface area contributed by atoms with Gasteiger partial charge in [-0.1, -0.05) is 35.9 Å². The fourth-order valence-electron chi connectivity index (χ4n) is 3.41. The third-order valence-corrected chi connectivity index (χ3v) is 5.11. The van der Waals surface area contributed by atoms with Crippen LogP contribution in [0.4, 0.5) is 4.39 Å². The molecule has 0 aliphatic carbocycles. The van der Waals surface area contributed by atoms with E-state index < -0.39 is 5.97 Å². The van der Waals surface area contributed by atoms with E-state index in [1.165, 1.54) is 6.07 Å². The highest BCUT2D eigenvalue weighted by Gasteiger charge is 2.24. The van der Waals surface area contributed by atoms with Gasteiger partial charge in [-0.3, -0.25) is 4.79 Å². The van der Waals surface area contributed by atoms with Gasteiger partial charge in [-0.05, 0) is 43.1 Å². The number of piperidine rings is 1. The summed E-state index contributed by atoms with van der Waals surface area (Å²) in [5.41, 5.74) is 5.00. The molecule has 1 heterocycles. The monoisotopic (exact) mass is 403 g/mol. The van der Waals surface area contributed by atoms with Crippen LogP contribution in [0.2, 0.25) is 5.02 Å². The zero-order chi connectivity index (χ0) is 19.9. The minimum atomic E-state index is -0.721. The smallest absolute Gasteiger partial charge is 0.307 e. The molecule has 0 spiro atoms. The van der Waals surface area contributed by atoms with Gasteiger partial charge in [0.15, 0.2) is 0 Å². The van der Waals surface area contributed by atoms with E-state index in [0.717, 1.165) is 37.1 Å². The molecule has 0 aromatic heterocycles. The fourth-order valence-corrected chi connectivity index (χ4v) is 3.57. The average Bonchev–Trinajstić information content (AvgIpc) is 2.68. The van der Waals surface area contributed by atoms with Crippen molar-refractivity contribution in [2.75, 3.05) is 26.2 Å². The van der Waals surface area contributed by atoms with Crippen molar-refractivity contribution in [3.05, 3.63) is 58.9 Å². The molecule has 2 aromatic rings. The molecule has 148 valence electrons. The largest absolute Gasteiger partial charge is 0.481 e. The molecule has 0 amide bonds. The van der Waals surface area contributed by atoms with Crippen LogP contribution in [-0.2, 0) is 4.79 Å². The number of likely N-dealkylation sites (tertiary alicyclic amines) is 1. The normalized spacial score (nSPS) is 17.7. The number of nitrogens with zero attached hydrogens (tertiary/aromatic N) is 2. The molecule has 2 aromatic carbocycles. The standard InChI is InChI=1S/C21H23ClFN3O2/c22-17-7-8-19(20(23)12-17)18-6-2-1-4-15(18)13-25-24-9-11-26-10-3-5-16(14-26)21(27)28/h1-2,4,6-8,12-13,16,24H,3,5,9-11,14H2,(H,27,28)/b25-13+. The lowest BCUT2D eigenvalue weighted by atomic mass is 9.98. The summed E-state index contributed by atoms with van der Waals surface area (Å²) in [6.45, 7) is 2.84. The van der Waals surface area contributed by atoms with Gasteiger partial charge in [0.25, 0.3) is 0 Å². The summed E-state index contributed by atoms with van der Waals surface area (Å²) in [6.07, 6.45) is 3.31. The Kier molecular flexibility index (Phi) is 7.01. The van der Waals surface area contributed by atoms with Crippen molar-refractivity contribution < 1.29 is 14.3 Å². The number of carboxylic acids is 1. The number of carboxylic acid groups (broad SMARTS) is 1. The molecule has 2 N–H and O–H groups in total. The highest BCUT2D eigenvalue weighted by atomic mass is 35.5. The van der Waals surface area contributed by atoms with E-state index >= 15 is 0 Å². The zero-order valence-corrected chi connectivity index (χ0v) is 16.2. The number of benzene rings is 2. The van der Waals surface area contributed by atoms with E-state index in [9.17, 15) is 9.18 Å². The maximum atomic E-state index is 14.3. The molecule has 1 fully saturated rings. The molecule has 3 rings (SSSR count).